The second-order valence-corrected chi connectivity index (χ2v) is 7.93. The number of nitrogens with zero attached hydrogens (tertiary/aromatic N) is 4. The lowest BCUT2D eigenvalue weighted by Gasteiger charge is -2.23. The van der Waals surface area contributed by atoms with Gasteiger partial charge in [0.05, 0.1) is 22.2 Å². The Balaban J connectivity index is 1.77. The van der Waals surface area contributed by atoms with E-state index in [0.717, 1.165) is 5.56 Å². The molecule has 0 bridgehead atoms. The third kappa shape index (κ3) is 3.95. The Morgan fingerprint density at radius 1 is 1.27 bits per heavy atom. The van der Waals surface area contributed by atoms with Gasteiger partial charge in [0.25, 0.3) is 5.91 Å². The van der Waals surface area contributed by atoms with Gasteiger partial charge in [-0.15, -0.1) is 0 Å². The normalized spacial score (nSPS) is 11.6. The highest BCUT2D eigenvalue weighted by atomic mass is 79.9. The first-order chi connectivity index (χ1) is 12.3. The lowest BCUT2D eigenvalue weighted by atomic mass is 10.1. The quantitative estimate of drug-likeness (QED) is 0.611. The van der Waals surface area contributed by atoms with Crippen molar-refractivity contribution in [2.75, 3.05) is 5.32 Å². The summed E-state index contributed by atoms with van der Waals surface area (Å²) in [5.74, 6) is 0.161. The number of halogens is 3. The van der Waals surface area contributed by atoms with Gasteiger partial charge >= 0.3 is 0 Å². The molecule has 0 aliphatic heterocycles. The van der Waals surface area contributed by atoms with Crippen molar-refractivity contribution in [3.63, 3.8) is 0 Å². The minimum absolute atomic E-state index is 0.263. The number of hydrogen-bond donors (Lipinski definition) is 1. The molecule has 0 saturated carbocycles. The first kappa shape index (κ1) is 18.9. The summed E-state index contributed by atoms with van der Waals surface area (Å²) in [6.45, 7) is 3.99. The molecule has 0 aliphatic rings. The Bertz CT molecular complexity index is 950. The molecular formula is C17H16BrCl2N5O. The summed E-state index contributed by atoms with van der Waals surface area (Å²) in [6, 6.07) is 7.55. The Morgan fingerprint density at radius 3 is 2.65 bits per heavy atom. The average molecular weight is 457 g/mol. The molecule has 0 atom stereocenters. The number of benzene rings is 1. The van der Waals surface area contributed by atoms with Gasteiger partial charge in [-0.3, -0.25) is 14.2 Å². The molecule has 3 aromatic rings. The van der Waals surface area contributed by atoms with Crippen molar-refractivity contribution in [1.82, 2.24) is 19.6 Å². The Hall–Kier alpha value is -1.83. The highest BCUT2D eigenvalue weighted by molar-refractivity contribution is 9.10. The van der Waals surface area contributed by atoms with E-state index in [4.69, 9.17) is 23.2 Å². The minimum atomic E-state index is -0.931. The smallest absolute Gasteiger partial charge is 0.253 e. The van der Waals surface area contributed by atoms with Gasteiger partial charge in [0.2, 0.25) is 0 Å². The summed E-state index contributed by atoms with van der Waals surface area (Å²) in [5, 5.41) is 12.5. The molecule has 26 heavy (non-hydrogen) atoms. The van der Waals surface area contributed by atoms with Gasteiger partial charge < -0.3 is 5.32 Å². The van der Waals surface area contributed by atoms with E-state index < -0.39 is 5.54 Å². The third-order valence-electron chi connectivity index (χ3n) is 3.92. The van der Waals surface area contributed by atoms with Crippen LogP contribution < -0.4 is 5.32 Å². The highest BCUT2D eigenvalue weighted by Crippen LogP contribution is 2.25. The Labute approximate surface area is 169 Å². The van der Waals surface area contributed by atoms with Crippen LogP contribution in [0.3, 0.4) is 0 Å². The summed E-state index contributed by atoms with van der Waals surface area (Å²) in [4.78, 5) is 12.7. The van der Waals surface area contributed by atoms with E-state index in [9.17, 15) is 4.79 Å². The minimum Gasteiger partial charge on any atom is -0.306 e. The fourth-order valence-electron chi connectivity index (χ4n) is 2.33. The van der Waals surface area contributed by atoms with Crippen molar-refractivity contribution in [2.24, 2.45) is 0 Å². The molecule has 0 radical (unpaired) electrons. The molecule has 0 unspecified atom stereocenters. The highest BCUT2D eigenvalue weighted by Gasteiger charge is 2.31. The van der Waals surface area contributed by atoms with E-state index in [2.05, 4.69) is 31.4 Å². The standard InChI is InChI=1S/C17H16BrCl2N5O/c1-17(2,25-9-12(19)7-21-25)16(26)22-15-13(18)10-24(23-15)8-11-5-3-4-6-14(11)20/h3-7,9-10H,8H2,1-2H3,(H,22,23,26). The van der Waals surface area contributed by atoms with Gasteiger partial charge in [0.15, 0.2) is 5.82 Å². The van der Waals surface area contributed by atoms with E-state index in [0.29, 0.717) is 26.9 Å². The van der Waals surface area contributed by atoms with E-state index in [1.165, 1.54) is 10.9 Å². The zero-order chi connectivity index (χ0) is 18.9. The molecular weight excluding hydrogens is 441 g/mol. The predicted molar refractivity (Wildman–Crippen MR) is 106 cm³/mol. The Morgan fingerprint density at radius 2 is 2.00 bits per heavy atom. The maximum Gasteiger partial charge on any atom is 0.253 e. The lowest BCUT2D eigenvalue weighted by molar-refractivity contribution is -0.123. The van der Waals surface area contributed by atoms with Crippen LogP contribution in [0, 0.1) is 0 Å². The summed E-state index contributed by atoms with van der Waals surface area (Å²) in [5.41, 5.74) is 0.00703. The van der Waals surface area contributed by atoms with Crippen LogP contribution in [0.4, 0.5) is 5.82 Å². The maximum absolute atomic E-state index is 12.7. The SMILES string of the molecule is CC(C)(C(=O)Nc1nn(Cc2ccccc2Cl)cc1Br)n1cc(Cl)cn1. The summed E-state index contributed by atoms with van der Waals surface area (Å²) < 4.78 is 3.89. The third-order valence-corrected chi connectivity index (χ3v) is 5.06. The molecule has 1 aromatic carbocycles. The average Bonchev–Trinajstić information content (AvgIpc) is 3.16. The zero-order valence-electron chi connectivity index (χ0n) is 14.1. The van der Waals surface area contributed by atoms with Crippen molar-refractivity contribution >= 4 is 50.9 Å². The van der Waals surface area contributed by atoms with Crippen LogP contribution in [0.15, 0.2) is 47.3 Å². The number of anilines is 1. The summed E-state index contributed by atoms with van der Waals surface area (Å²) in [6.07, 6.45) is 4.88. The van der Waals surface area contributed by atoms with Crippen molar-refractivity contribution in [2.45, 2.75) is 25.9 Å². The van der Waals surface area contributed by atoms with Crippen molar-refractivity contribution in [1.29, 1.82) is 0 Å². The first-order valence-electron chi connectivity index (χ1n) is 7.76. The summed E-state index contributed by atoms with van der Waals surface area (Å²) in [7, 11) is 0. The van der Waals surface area contributed by atoms with Gasteiger partial charge in [0.1, 0.15) is 5.54 Å². The zero-order valence-corrected chi connectivity index (χ0v) is 17.2. The lowest BCUT2D eigenvalue weighted by Crippen LogP contribution is -2.40. The fraction of sp³-hybridized carbons (Fsp3) is 0.235. The molecule has 0 saturated heterocycles. The topological polar surface area (TPSA) is 64.7 Å². The maximum atomic E-state index is 12.7. The van der Waals surface area contributed by atoms with Crippen LogP contribution in [-0.4, -0.2) is 25.5 Å². The second kappa shape index (κ2) is 7.42. The molecule has 0 fully saturated rings. The van der Waals surface area contributed by atoms with Crippen LogP contribution in [0.2, 0.25) is 10.0 Å². The molecule has 9 heteroatoms. The fourth-order valence-corrected chi connectivity index (χ4v) is 3.08. The van der Waals surface area contributed by atoms with E-state index in [1.54, 1.807) is 30.9 Å². The largest absolute Gasteiger partial charge is 0.306 e. The van der Waals surface area contributed by atoms with Crippen LogP contribution in [0.25, 0.3) is 0 Å². The Kier molecular flexibility index (Phi) is 5.41. The molecule has 136 valence electrons. The van der Waals surface area contributed by atoms with E-state index >= 15 is 0 Å². The van der Waals surface area contributed by atoms with Crippen LogP contribution in [-0.2, 0) is 16.9 Å². The van der Waals surface area contributed by atoms with E-state index in [1.807, 2.05) is 24.3 Å². The van der Waals surface area contributed by atoms with E-state index in [-0.39, 0.29) is 5.91 Å². The number of hydrogen-bond acceptors (Lipinski definition) is 3. The summed E-state index contributed by atoms with van der Waals surface area (Å²) >= 11 is 15.5. The number of aromatic nitrogens is 4. The molecule has 2 heterocycles. The molecule has 2 aromatic heterocycles. The predicted octanol–water partition coefficient (Wildman–Crippen LogP) is 4.57. The van der Waals surface area contributed by atoms with Crippen LogP contribution in [0.5, 0.6) is 0 Å². The van der Waals surface area contributed by atoms with Gasteiger partial charge in [-0.2, -0.15) is 10.2 Å². The second-order valence-electron chi connectivity index (χ2n) is 6.23. The number of carbonyl (C=O) groups excluding carboxylic acids is 1. The van der Waals surface area contributed by atoms with Crippen LogP contribution in [0.1, 0.15) is 19.4 Å². The number of rotatable bonds is 5. The number of amides is 1. The van der Waals surface area contributed by atoms with Crippen molar-refractivity contribution in [3.8, 4) is 0 Å². The number of nitrogens with one attached hydrogen (secondary N) is 1. The molecule has 3 rings (SSSR count). The molecule has 0 spiro atoms. The molecule has 0 aliphatic carbocycles. The molecule has 6 nitrogen and oxygen atoms in total. The number of carbonyl (C=O) groups is 1. The van der Waals surface area contributed by atoms with Gasteiger partial charge in [0, 0.05) is 17.4 Å². The monoisotopic (exact) mass is 455 g/mol. The van der Waals surface area contributed by atoms with Crippen molar-refractivity contribution < 1.29 is 4.79 Å². The van der Waals surface area contributed by atoms with Crippen LogP contribution >= 0.6 is 39.1 Å². The van der Waals surface area contributed by atoms with Gasteiger partial charge in [-0.25, -0.2) is 0 Å². The van der Waals surface area contributed by atoms with Gasteiger partial charge in [-0.05, 0) is 41.4 Å². The molecule has 1 amide bonds. The first-order valence-corrected chi connectivity index (χ1v) is 9.30. The van der Waals surface area contributed by atoms with Gasteiger partial charge in [-0.1, -0.05) is 41.4 Å². The molecule has 1 N–H and O–H groups in total. The van der Waals surface area contributed by atoms with Crippen molar-refractivity contribution in [3.05, 3.63) is 62.9 Å².